The van der Waals surface area contributed by atoms with E-state index in [4.69, 9.17) is 4.74 Å². The van der Waals surface area contributed by atoms with Crippen molar-refractivity contribution in [1.29, 1.82) is 0 Å². The lowest BCUT2D eigenvalue weighted by molar-refractivity contribution is -0.123. The Kier molecular flexibility index (Phi) is 6.85. The molecule has 0 heterocycles. The highest BCUT2D eigenvalue weighted by Crippen LogP contribution is 2.47. The maximum absolute atomic E-state index is 12.9. The van der Waals surface area contributed by atoms with Crippen LogP contribution in [0.15, 0.2) is 91.0 Å². The van der Waals surface area contributed by atoms with Crippen LogP contribution in [0.2, 0.25) is 0 Å². The predicted octanol–water partition coefficient (Wildman–Crippen LogP) is 5.17. The van der Waals surface area contributed by atoms with E-state index in [1.807, 2.05) is 97.9 Å². The molecular weight excluding hydrogens is 400 g/mol. The van der Waals surface area contributed by atoms with Crippen molar-refractivity contribution in [3.05, 3.63) is 108 Å². The molecule has 1 fully saturated rings. The molecule has 3 aromatic carbocycles. The molecule has 1 aliphatic carbocycles. The minimum atomic E-state index is -0.480. The Hall–Kier alpha value is -3.60. The zero-order chi connectivity index (χ0) is 22.3. The second-order valence-corrected chi connectivity index (χ2v) is 8.24. The Morgan fingerprint density at radius 1 is 0.844 bits per heavy atom. The number of alkyl carbamates (subject to hydrolysis) is 1. The molecule has 164 valence electrons. The monoisotopic (exact) mass is 428 g/mol. The number of carbonyl (C=O) groups is 2. The van der Waals surface area contributed by atoms with Gasteiger partial charge in [-0.05, 0) is 36.0 Å². The molecule has 4 atom stereocenters. The van der Waals surface area contributed by atoms with Crippen LogP contribution in [0.4, 0.5) is 4.79 Å². The number of ether oxygens (including phenoxy) is 1. The predicted molar refractivity (Wildman–Crippen MR) is 124 cm³/mol. The van der Waals surface area contributed by atoms with Gasteiger partial charge in [-0.25, -0.2) is 4.79 Å². The fourth-order valence-corrected chi connectivity index (χ4v) is 4.02. The van der Waals surface area contributed by atoms with Crippen LogP contribution in [0.1, 0.15) is 42.1 Å². The van der Waals surface area contributed by atoms with Crippen LogP contribution in [-0.4, -0.2) is 12.0 Å². The van der Waals surface area contributed by atoms with Gasteiger partial charge in [0.05, 0.1) is 12.1 Å². The number of carbonyl (C=O) groups excluding carboxylic acids is 2. The molecule has 1 aliphatic rings. The van der Waals surface area contributed by atoms with E-state index in [1.165, 1.54) is 0 Å². The maximum Gasteiger partial charge on any atom is 0.407 e. The van der Waals surface area contributed by atoms with Gasteiger partial charge in [-0.3, -0.25) is 4.79 Å². The van der Waals surface area contributed by atoms with E-state index in [9.17, 15) is 9.59 Å². The van der Waals surface area contributed by atoms with Crippen molar-refractivity contribution in [2.75, 3.05) is 0 Å². The van der Waals surface area contributed by atoms with Gasteiger partial charge in [-0.15, -0.1) is 0 Å². The Balaban J connectivity index is 1.38. The summed E-state index contributed by atoms with van der Waals surface area (Å²) in [5, 5.41) is 6.11. The SMILES string of the molecule is C[C@H](NC(=O)[C@@H]1C[C@H]1[C@@H](NC(=O)OCc1ccccc1)c1ccccc1)c1ccccc1. The molecule has 0 radical (unpaired) electrons. The standard InChI is InChI=1S/C27H28N2O3/c1-19(21-13-7-3-8-14-21)28-26(30)24-17-23(24)25(22-15-9-4-10-16-22)29-27(31)32-18-20-11-5-2-6-12-20/h2-16,19,23-25H,17-18H2,1H3,(H,28,30)(H,29,31)/t19-,23+,24+,25-/m0/s1. The Morgan fingerprint density at radius 2 is 1.41 bits per heavy atom. The molecule has 4 rings (SSSR count). The Bertz CT molecular complexity index is 1020. The highest BCUT2D eigenvalue weighted by molar-refractivity contribution is 5.82. The molecule has 0 aromatic heterocycles. The van der Waals surface area contributed by atoms with Crippen LogP contribution in [0.25, 0.3) is 0 Å². The van der Waals surface area contributed by atoms with Gasteiger partial charge < -0.3 is 15.4 Å². The molecular formula is C27H28N2O3. The summed E-state index contributed by atoms with van der Waals surface area (Å²) >= 11 is 0. The van der Waals surface area contributed by atoms with Gasteiger partial charge in [0.25, 0.3) is 0 Å². The smallest absolute Gasteiger partial charge is 0.407 e. The number of benzene rings is 3. The minimum Gasteiger partial charge on any atom is -0.445 e. The van der Waals surface area contributed by atoms with Crippen molar-refractivity contribution in [3.63, 3.8) is 0 Å². The first kappa shape index (κ1) is 21.6. The highest BCUT2D eigenvalue weighted by atomic mass is 16.5. The molecule has 0 saturated heterocycles. The molecule has 0 bridgehead atoms. The number of hydrogen-bond acceptors (Lipinski definition) is 3. The van der Waals surface area contributed by atoms with Crippen molar-refractivity contribution in [1.82, 2.24) is 10.6 Å². The summed E-state index contributed by atoms with van der Waals surface area (Å²) in [6.45, 7) is 2.19. The summed E-state index contributed by atoms with van der Waals surface area (Å²) in [5.74, 6) is -0.0859. The summed E-state index contributed by atoms with van der Waals surface area (Å²) in [5.41, 5.74) is 2.97. The van der Waals surface area contributed by atoms with E-state index in [0.717, 1.165) is 23.1 Å². The van der Waals surface area contributed by atoms with Gasteiger partial charge in [0.15, 0.2) is 0 Å². The lowest BCUT2D eigenvalue weighted by Gasteiger charge is -2.20. The minimum absolute atomic E-state index is 0.0201. The second kappa shape index (κ2) is 10.1. The van der Waals surface area contributed by atoms with E-state index < -0.39 is 6.09 Å². The van der Waals surface area contributed by atoms with Crippen molar-refractivity contribution < 1.29 is 14.3 Å². The number of hydrogen-bond donors (Lipinski definition) is 2. The van der Waals surface area contributed by atoms with E-state index in [0.29, 0.717) is 0 Å². The normalized spacial score (nSPS) is 18.8. The second-order valence-electron chi connectivity index (χ2n) is 8.24. The lowest BCUT2D eigenvalue weighted by atomic mass is 10.0. The van der Waals surface area contributed by atoms with Crippen LogP contribution in [0.5, 0.6) is 0 Å². The average molecular weight is 429 g/mol. The van der Waals surface area contributed by atoms with Crippen LogP contribution in [0.3, 0.4) is 0 Å². The zero-order valence-electron chi connectivity index (χ0n) is 18.1. The molecule has 0 unspecified atom stereocenters. The third-order valence-electron chi connectivity index (χ3n) is 5.91. The lowest BCUT2D eigenvalue weighted by Crippen LogP contribution is -2.33. The fraction of sp³-hybridized carbons (Fsp3) is 0.259. The maximum atomic E-state index is 12.9. The van der Waals surface area contributed by atoms with Gasteiger partial charge in [-0.1, -0.05) is 91.0 Å². The van der Waals surface area contributed by atoms with Gasteiger partial charge >= 0.3 is 6.09 Å². The zero-order valence-corrected chi connectivity index (χ0v) is 18.1. The molecule has 32 heavy (non-hydrogen) atoms. The van der Waals surface area contributed by atoms with E-state index in [1.54, 1.807) is 0 Å². The van der Waals surface area contributed by atoms with Crippen molar-refractivity contribution >= 4 is 12.0 Å². The van der Waals surface area contributed by atoms with Gasteiger partial charge in [0, 0.05) is 5.92 Å². The summed E-state index contributed by atoms with van der Waals surface area (Å²) in [7, 11) is 0. The average Bonchev–Trinajstić information content (AvgIpc) is 3.64. The van der Waals surface area contributed by atoms with Crippen molar-refractivity contribution in [2.24, 2.45) is 11.8 Å². The van der Waals surface area contributed by atoms with Crippen LogP contribution in [-0.2, 0) is 16.1 Å². The molecule has 5 nitrogen and oxygen atoms in total. The molecule has 2 N–H and O–H groups in total. The molecule has 1 saturated carbocycles. The quantitative estimate of drug-likeness (QED) is 0.520. The number of rotatable bonds is 8. The summed E-state index contributed by atoms with van der Waals surface area (Å²) in [6, 6.07) is 28.9. The van der Waals surface area contributed by atoms with E-state index >= 15 is 0 Å². The van der Waals surface area contributed by atoms with Crippen molar-refractivity contribution in [3.8, 4) is 0 Å². The topological polar surface area (TPSA) is 67.4 Å². The molecule has 0 aliphatic heterocycles. The number of nitrogens with one attached hydrogen (secondary N) is 2. The third kappa shape index (κ3) is 5.55. The Labute approximate surface area is 188 Å². The summed E-state index contributed by atoms with van der Waals surface area (Å²) < 4.78 is 5.43. The summed E-state index contributed by atoms with van der Waals surface area (Å²) in [4.78, 5) is 25.4. The largest absolute Gasteiger partial charge is 0.445 e. The molecule has 0 spiro atoms. The third-order valence-corrected chi connectivity index (χ3v) is 5.91. The van der Waals surface area contributed by atoms with Gasteiger partial charge in [0.2, 0.25) is 5.91 Å². The number of amides is 2. The first-order chi connectivity index (χ1) is 15.6. The molecule has 2 amide bonds. The van der Waals surface area contributed by atoms with Crippen molar-refractivity contribution in [2.45, 2.75) is 32.0 Å². The highest BCUT2D eigenvalue weighted by Gasteiger charge is 2.49. The molecule has 5 heteroatoms. The Morgan fingerprint density at radius 3 is 2.03 bits per heavy atom. The first-order valence-corrected chi connectivity index (χ1v) is 11.0. The first-order valence-electron chi connectivity index (χ1n) is 11.0. The van der Waals surface area contributed by atoms with E-state index in [-0.39, 0.29) is 36.4 Å². The van der Waals surface area contributed by atoms with Gasteiger partial charge in [-0.2, -0.15) is 0 Å². The molecule has 3 aromatic rings. The fourth-order valence-electron chi connectivity index (χ4n) is 4.02. The van der Waals surface area contributed by atoms with Crippen LogP contribution < -0.4 is 10.6 Å². The summed E-state index contributed by atoms with van der Waals surface area (Å²) in [6.07, 6.45) is 0.248. The van der Waals surface area contributed by atoms with E-state index in [2.05, 4.69) is 10.6 Å². The van der Waals surface area contributed by atoms with Crippen LogP contribution >= 0.6 is 0 Å². The van der Waals surface area contributed by atoms with Gasteiger partial charge in [0.1, 0.15) is 6.61 Å². The van der Waals surface area contributed by atoms with Crippen LogP contribution in [0, 0.1) is 11.8 Å².